The Bertz CT molecular complexity index is 145. The maximum absolute atomic E-state index is 10.5. The number of rotatable bonds is 4. The van der Waals surface area contributed by atoms with Crippen LogP contribution in [0.15, 0.2) is 0 Å². The van der Waals surface area contributed by atoms with E-state index in [1.165, 1.54) is 0 Å². The van der Waals surface area contributed by atoms with Crippen molar-refractivity contribution in [1.29, 1.82) is 0 Å². The van der Waals surface area contributed by atoms with Crippen molar-refractivity contribution in [3.63, 3.8) is 0 Å². The van der Waals surface area contributed by atoms with Crippen LogP contribution in [0, 0.1) is 11.8 Å². The second-order valence-electron chi connectivity index (χ2n) is 3.45. The number of halogens is 1. The fourth-order valence-corrected chi connectivity index (χ4v) is 1.35. The summed E-state index contributed by atoms with van der Waals surface area (Å²) in [6.45, 7) is 8.18. The van der Waals surface area contributed by atoms with Gasteiger partial charge in [0.2, 0.25) is 0 Å². The molecule has 0 radical (unpaired) electrons. The molecule has 0 spiro atoms. The number of carbonyl (C=O) groups is 1. The Balaban J connectivity index is 4.12. The lowest BCUT2D eigenvalue weighted by Crippen LogP contribution is -2.28. The quantitative estimate of drug-likeness (QED) is 0.638. The van der Waals surface area contributed by atoms with Crippen LogP contribution in [0.4, 0.5) is 4.79 Å². The molecule has 0 fully saturated rings. The van der Waals surface area contributed by atoms with Gasteiger partial charge in [0.05, 0.1) is 0 Å². The molecule has 0 saturated carbocycles. The van der Waals surface area contributed by atoms with Crippen LogP contribution in [0.25, 0.3) is 0 Å². The van der Waals surface area contributed by atoms with Gasteiger partial charge >= 0.3 is 5.43 Å². The van der Waals surface area contributed by atoms with E-state index >= 15 is 0 Å². The van der Waals surface area contributed by atoms with Crippen molar-refractivity contribution >= 4 is 17.0 Å². The smallest absolute Gasteiger partial charge is 0.404 e. The molecule has 0 aromatic rings. The standard InChI is InChI=1S/C9H17ClO2/c1-5-7(4)8(6(2)3)12-9(10)11/h6-8H,5H2,1-4H3/t7-,8-/m0/s1. The molecule has 0 unspecified atom stereocenters. The molecule has 0 bridgehead atoms. The minimum Gasteiger partial charge on any atom is -0.450 e. The SMILES string of the molecule is CC[C@H](C)[C@@H](OC(=O)Cl)C(C)C. The summed E-state index contributed by atoms with van der Waals surface area (Å²) in [7, 11) is 0. The van der Waals surface area contributed by atoms with E-state index in [-0.39, 0.29) is 6.10 Å². The second kappa shape index (κ2) is 5.41. The molecule has 0 N–H and O–H groups in total. The molecule has 0 rings (SSSR count). The van der Waals surface area contributed by atoms with Gasteiger partial charge in [-0.3, -0.25) is 0 Å². The van der Waals surface area contributed by atoms with E-state index in [4.69, 9.17) is 16.3 Å². The van der Waals surface area contributed by atoms with Crippen molar-refractivity contribution in [3.05, 3.63) is 0 Å². The van der Waals surface area contributed by atoms with Gasteiger partial charge in [-0.15, -0.1) is 0 Å². The van der Waals surface area contributed by atoms with Gasteiger partial charge in [-0.2, -0.15) is 0 Å². The Labute approximate surface area is 79.2 Å². The zero-order chi connectivity index (χ0) is 9.72. The minimum absolute atomic E-state index is 0.0556. The number of carbonyl (C=O) groups excluding carboxylic acids is 1. The molecule has 0 aliphatic heterocycles. The summed E-state index contributed by atoms with van der Waals surface area (Å²) in [5.74, 6) is 0.690. The minimum atomic E-state index is -0.700. The molecular weight excluding hydrogens is 176 g/mol. The Morgan fingerprint density at radius 2 is 1.92 bits per heavy atom. The third-order valence-corrected chi connectivity index (χ3v) is 2.18. The average molecular weight is 193 g/mol. The molecule has 0 saturated heterocycles. The maximum atomic E-state index is 10.5. The molecule has 72 valence electrons. The Kier molecular flexibility index (Phi) is 5.31. The molecule has 2 nitrogen and oxygen atoms in total. The van der Waals surface area contributed by atoms with E-state index in [1.807, 2.05) is 13.8 Å². The van der Waals surface area contributed by atoms with Gasteiger partial charge in [0, 0.05) is 11.6 Å². The third kappa shape index (κ3) is 3.96. The zero-order valence-corrected chi connectivity index (χ0v) is 8.89. The van der Waals surface area contributed by atoms with Crippen molar-refractivity contribution in [2.75, 3.05) is 0 Å². The normalized spacial score (nSPS) is 15.8. The maximum Gasteiger partial charge on any atom is 0.404 e. The molecule has 12 heavy (non-hydrogen) atoms. The predicted molar refractivity (Wildman–Crippen MR) is 50.4 cm³/mol. The topological polar surface area (TPSA) is 26.3 Å². The molecule has 0 aliphatic carbocycles. The Morgan fingerprint density at radius 1 is 1.42 bits per heavy atom. The Hall–Kier alpha value is -0.240. The molecule has 0 aliphatic rings. The monoisotopic (exact) mass is 192 g/mol. The molecule has 0 amide bonds. The Morgan fingerprint density at radius 3 is 2.17 bits per heavy atom. The van der Waals surface area contributed by atoms with Crippen molar-refractivity contribution < 1.29 is 9.53 Å². The molecule has 0 heterocycles. The van der Waals surface area contributed by atoms with E-state index in [1.54, 1.807) is 0 Å². The highest BCUT2D eigenvalue weighted by atomic mass is 35.5. The second-order valence-corrected chi connectivity index (χ2v) is 3.76. The van der Waals surface area contributed by atoms with Crippen LogP contribution in [0.3, 0.4) is 0 Å². The van der Waals surface area contributed by atoms with Crippen LogP contribution in [0.1, 0.15) is 34.1 Å². The summed E-state index contributed by atoms with van der Waals surface area (Å²) in [5.41, 5.74) is -0.700. The van der Waals surface area contributed by atoms with Gasteiger partial charge in [0.25, 0.3) is 0 Å². The number of hydrogen-bond acceptors (Lipinski definition) is 2. The lowest BCUT2D eigenvalue weighted by atomic mass is 9.93. The van der Waals surface area contributed by atoms with E-state index in [0.717, 1.165) is 6.42 Å². The number of ether oxygens (including phenoxy) is 1. The van der Waals surface area contributed by atoms with E-state index in [0.29, 0.717) is 11.8 Å². The predicted octanol–water partition coefficient (Wildman–Crippen LogP) is 3.43. The molecule has 0 aromatic heterocycles. The van der Waals surface area contributed by atoms with Gasteiger partial charge < -0.3 is 4.74 Å². The lowest BCUT2D eigenvalue weighted by molar-refractivity contribution is 0.0522. The lowest BCUT2D eigenvalue weighted by Gasteiger charge is -2.25. The fraction of sp³-hybridized carbons (Fsp3) is 0.889. The summed E-state index contributed by atoms with van der Waals surface area (Å²) in [4.78, 5) is 10.5. The highest BCUT2D eigenvalue weighted by Crippen LogP contribution is 2.20. The first kappa shape index (κ1) is 11.8. The highest BCUT2D eigenvalue weighted by molar-refractivity contribution is 6.61. The van der Waals surface area contributed by atoms with Crippen LogP contribution in [0.2, 0.25) is 0 Å². The van der Waals surface area contributed by atoms with E-state index in [2.05, 4.69) is 13.8 Å². The van der Waals surface area contributed by atoms with Gasteiger partial charge in [-0.1, -0.05) is 34.1 Å². The number of hydrogen-bond donors (Lipinski definition) is 0. The first-order chi connectivity index (χ1) is 5.49. The third-order valence-electron chi connectivity index (χ3n) is 2.09. The van der Waals surface area contributed by atoms with Crippen LogP contribution < -0.4 is 0 Å². The molecule has 0 aromatic carbocycles. The van der Waals surface area contributed by atoms with Crippen LogP contribution in [0.5, 0.6) is 0 Å². The largest absolute Gasteiger partial charge is 0.450 e. The first-order valence-corrected chi connectivity index (χ1v) is 4.72. The van der Waals surface area contributed by atoms with Gasteiger partial charge in [-0.05, 0) is 11.8 Å². The fourth-order valence-electron chi connectivity index (χ4n) is 1.25. The van der Waals surface area contributed by atoms with Crippen molar-refractivity contribution in [2.45, 2.75) is 40.2 Å². The average Bonchev–Trinajstić information content (AvgIpc) is 1.98. The molecular formula is C9H17ClO2. The molecule has 2 atom stereocenters. The molecule has 3 heteroatoms. The summed E-state index contributed by atoms with van der Waals surface area (Å²) < 4.78 is 4.99. The zero-order valence-electron chi connectivity index (χ0n) is 8.13. The van der Waals surface area contributed by atoms with Crippen LogP contribution in [-0.2, 0) is 4.74 Å². The van der Waals surface area contributed by atoms with Gasteiger partial charge in [0.1, 0.15) is 6.10 Å². The van der Waals surface area contributed by atoms with Crippen molar-refractivity contribution in [2.24, 2.45) is 11.8 Å². The first-order valence-electron chi connectivity index (χ1n) is 4.35. The van der Waals surface area contributed by atoms with Gasteiger partial charge in [-0.25, -0.2) is 4.79 Å². The van der Waals surface area contributed by atoms with Gasteiger partial charge in [0.15, 0.2) is 0 Å². The van der Waals surface area contributed by atoms with Crippen LogP contribution in [-0.4, -0.2) is 11.5 Å². The van der Waals surface area contributed by atoms with Crippen molar-refractivity contribution in [3.8, 4) is 0 Å². The summed E-state index contributed by atoms with van der Waals surface area (Å²) in [6, 6.07) is 0. The van der Waals surface area contributed by atoms with E-state index < -0.39 is 5.43 Å². The van der Waals surface area contributed by atoms with E-state index in [9.17, 15) is 4.79 Å². The summed E-state index contributed by atoms with van der Waals surface area (Å²) in [5, 5.41) is 0. The summed E-state index contributed by atoms with van der Waals surface area (Å²) in [6.07, 6.45) is 0.938. The highest BCUT2D eigenvalue weighted by Gasteiger charge is 2.22. The summed E-state index contributed by atoms with van der Waals surface area (Å²) >= 11 is 5.16. The van der Waals surface area contributed by atoms with Crippen molar-refractivity contribution in [1.82, 2.24) is 0 Å². The van der Waals surface area contributed by atoms with Crippen LogP contribution >= 0.6 is 11.6 Å².